The van der Waals surface area contributed by atoms with Gasteiger partial charge in [-0.2, -0.15) is 0 Å². The SMILES string of the molecule is COC(=O)C1CN1C(=O)c1cccnc1SCC=Cc1ccccc1. The number of hydrogen-bond donors (Lipinski definition) is 0. The van der Waals surface area contributed by atoms with E-state index in [1.54, 1.807) is 18.3 Å². The summed E-state index contributed by atoms with van der Waals surface area (Å²) in [5, 5.41) is 0.667. The van der Waals surface area contributed by atoms with Crippen LogP contribution in [0, 0.1) is 0 Å². The second-order valence-corrected chi connectivity index (χ2v) is 6.49. The van der Waals surface area contributed by atoms with Crippen molar-refractivity contribution in [3.8, 4) is 0 Å². The molecule has 0 bridgehead atoms. The zero-order chi connectivity index (χ0) is 17.6. The minimum Gasteiger partial charge on any atom is -0.467 e. The van der Waals surface area contributed by atoms with Gasteiger partial charge in [-0.15, -0.1) is 11.8 Å². The summed E-state index contributed by atoms with van der Waals surface area (Å²) in [7, 11) is 1.33. The largest absolute Gasteiger partial charge is 0.467 e. The lowest BCUT2D eigenvalue weighted by Gasteiger charge is -2.07. The Morgan fingerprint density at radius 1 is 1.28 bits per heavy atom. The predicted octanol–water partition coefficient (Wildman–Crippen LogP) is 2.88. The predicted molar refractivity (Wildman–Crippen MR) is 97.3 cm³/mol. The Morgan fingerprint density at radius 3 is 2.84 bits per heavy atom. The van der Waals surface area contributed by atoms with Gasteiger partial charge in [-0.1, -0.05) is 42.5 Å². The highest BCUT2D eigenvalue weighted by molar-refractivity contribution is 7.99. The first-order valence-electron chi connectivity index (χ1n) is 7.89. The lowest BCUT2D eigenvalue weighted by Crippen LogP contribution is -2.20. The standard InChI is InChI=1S/C19H18N2O3S/c1-24-19(23)16-13-21(16)18(22)15-10-5-11-20-17(15)25-12-6-9-14-7-3-2-4-8-14/h2-11,16H,12-13H2,1H3. The topological polar surface area (TPSA) is 59.3 Å². The number of methoxy groups -OCH3 is 1. The van der Waals surface area contributed by atoms with E-state index >= 15 is 0 Å². The number of ether oxygens (including phenoxy) is 1. The first-order valence-corrected chi connectivity index (χ1v) is 8.87. The first kappa shape index (κ1) is 17.2. The van der Waals surface area contributed by atoms with Crippen LogP contribution in [0.3, 0.4) is 0 Å². The molecule has 0 spiro atoms. The molecule has 1 unspecified atom stereocenters. The zero-order valence-electron chi connectivity index (χ0n) is 13.8. The maximum Gasteiger partial charge on any atom is 0.330 e. The summed E-state index contributed by atoms with van der Waals surface area (Å²) in [6.07, 6.45) is 5.74. The van der Waals surface area contributed by atoms with Crippen LogP contribution in [0.2, 0.25) is 0 Å². The lowest BCUT2D eigenvalue weighted by molar-refractivity contribution is -0.140. The first-order chi connectivity index (χ1) is 12.2. The molecule has 0 radical (unpaired) electrons. The molecule has 0 N–H and O–H groups in total. The number of hydrogen-bond acceptors (Lipinski definition) is 5. The molecule has 5 nitrogen and oxygen atoms in total. The van der Waals surface area contributed by atoms with Crippen molar-refractivity contribution in [2.45, 2.75) is 11.1 Å². The summed E-state index contributed by atoms with van der Waals surface area (Å²) in [4.78, 5) is 29.9. The molecular weight excluding hydrogens is 336 g/mol. The number of esters is 1. The van der Waals surface area contributed by atoms with Crippen LogP contribution in [0.1, 0.15) is 15.9 Å². The van der Waals surface area contributed by atoms with Crippen LogP contribution in [0.4, 0.5) is 0 Å². The number of rotatable bonds is 6. The fourth-order valence-corrected chi connectivity index (χ4v) is 3.20. The molecule has 1 fully saturated rings. The molecule has 1 amide bonds. The van der Waals surface area contributed by atoms with E-state index in [-0.39, 0.29) is 11.9 Å². The van der Waals surface area contributed by atoms with E-state index in [2.05, 4.69) is 9.72 Å². The fraction of sp³-hybridized carbons (Fsp3) is 0.211. The van der Waals surface area contributed by atoms with Gasteiger partial charge in [-0.25, -0.2) is 9.78 Å². The molecule has 0 saturated carbocycles. The van der Waals surface area contributed by atoms with E-state index < -0.39 is 6.04 Å². The molecule has 1 aliphatic rings. The van der Waals surface area contributed by atoms with Crippen LogP contribution in [0.15, 0.2) is 59.8 Å². The van der Waals surface area contributed by atoms with Crippen molar-refractivity contribution in [3.05, 3.63) is 65.9 Å². The third-order valence-electron chi connectivity index (χ3n) is 3.77. The number of carbonyl (C=O) groups is 2. The summed E-state index contributed by atoms with van der Waals surface area (Å²) in [5.74, 6) is 0.141. The molecule has 2 aromatic rings. The van der Waals surface area contributed by atoms with Crippen LogP contribution in [-0.2, 0) is 9.53 Å². The Balaban J connectivity index is 1.62. The number of benzene rings is 1. The summed E-state index contributed by atoms with van der Waals surface area (Å²) in [6.45, 7) is 0.401. The van der Waals surface area contributed by atoms with Gasteiger partial charge in [0.2, 0.25) is 0 Å². The molecule has 128 valence electrons. The second kappa shape index (κ2) is 7.98. The monoisotopic (exact) mass is 354 g/mol. The summed E-state index contributed by atoms with van der Waals surface area (Å²) < 4.78 is 4.68. The molecule has 2 heterocycles. The highest BCUT2D eigenvalue weighted by Crippen LogP contribution is 2.27. The van der Waals surface area contributed by atoms with Crippen LogP contribution < -0.4 is 0 Å². The van der Waals surface area contributed by atoms with E-state index in [0.717, 1.165) is 5.56 Å². The number of aromatic nitrogens is 1. The number of amides is 1. The van der Waals surface area contributed by atoms with E-state index in [1.807, 2.05) is 42.5 Å². The van der Waals surface area contributed by atoms with E-state index in [4.69, 9.17) is 0 Å². The van der Waals surface area contributed by atoms with Gasteiger partial charge in [-0.05, 0) is 17.7 Å². The molecule has 1 aromatic heterocycles. The van der Waals surface area contributed by atoms with Crippen molar-refractivity contribution >= 4 is 29.7 Å². The van der Waals surface area contributed by atoms with E-state index in [0.29, 0.717) is 22.9 Å². The van der Waals surface area contributed by atoms with Crippen molar-refractivity contribution in [1.29, 1.82) is 0 Å². The van der Waals surface area contributed by atoms with Crippen molar-refractivity contribution in [2.75, 3.05) is 19.4 Å². The van der Waals surface area contributed by atoms with Gasteiger partial charge in [0.15, 0.2) is 0 Å². The highest BCUT2D eigenvalue weighted by atomic mass is 32.2. The smallest absolute Gasteiger partial charge is 0.330 e. The van der Waals surface area contributed by atoms with Gasteiger partial charge < -0.3 is 9.64 Å². The molecule has 1 atom stereocenters. The Bertz CT molecular complexity index is 792. The molecule has 0 aliphatic carbocycles. The van der Waals surface area contributed by atoms with Crippen molar-refractivity contribution in [1.82, 2.24) is 9.88 Å². The quantitative estimate of drug-likeness (QED) is 0.453. The number of carbonyl (C=O) groups excluding carboxylic acids is 2. The average molecular weight is 354 g/mol. The van der Waals surface area contributed by atoms with E-state index in [1.165, 1.54) is 23.8 Å². The summed E-state index contributed by atoms with van der Waals surface area (Å²) in [5.41, 5.74) is 1.65. The Hall–Kier alpha value is -2.60. The third-order valence-corrected chi connectivity index (χ3v) is 4.73. The number of thioether (sulfide) groups is 1. The van der Waals surface area contributed by atoms with Gasteiger partial charge >= 0.3 is 5.97 Å². The molecular formula is C19H18N2O3S. The fourth-order valence-electron chi connectivity index (χ4n) is 2.40. The highest BCUT2D eigenvalue weighted by Gasteiger charge is 2.45. The van der Waals surface area contributed by atoms with Crippen LogP contribution in [0.25, 0.3) is 6.08 Å². The summed E-state index contributed by atoms with van der Waals surface area (Å²) in [6, 6.07) is 13.0. The van der Waals surface area contributed by atoms with Crippen LogP contribution in [0.5, 0.6) is 0 Å². The molecule has 1 aromatic carbocycles. The maximum atomic E-state index is 12.6. The Morgan fingerprint density at radius 2 is 2.08 bits per heavy atom. The molecule has 3 rings (SSSR count). The van der Waals surface area contributed by atoms with Crippen molar-refractivity contribution in [2.24, 2.45) is 0 Å². The maximum absolute atomic E-state index is 12.6. The zero-order valence-corrected chi connectivity index (χ0v) is 14.6. The van der Waals surface area contributed by atoms with E-state index in [9.17, 15) is 9.59 Å². The van der Waals surface area contributed by atoms with Crippen molar-refractivity contribution in [3.63, 3.8) is 0 Å². The van der Waals surface area contributed by atoms with Crippen molar-refractivity contribution < 1.29 is 14.3 Å². The Labute approximate surface area is 150 Å². The van der Waals surface area contributed by atoms with Gasteiger partial charge in [0.1, 0.15) is 11.1 Å². The molecule has 25 heavy (non-hydrogen) atoms. The third kappa shape index (κ3) is 4.28. The number of nitrogens with zero attached hydrogens (tertiary/aromatic N) is 2. The minimum absolute atomic E-state index is 0.182. The molecule has 1 saturated heterocycles. The van der Waals surface area contributed by atoms with Crippen LogP contribution in [-0.4, -0.2) is 47.2 Å². The minimum atomic E-state index is -0.464. The van der Waals surface area contributed by atoms with Gasteiger partial charge in [0.25, 0.3) is 5.91 Å². The summed E-state index contributed by atoms with van der Waals surface area (Å²) >= 11 is 1.49. The molecule has 1 aliphatic heterocycles. The molecule has 6 heteroatoms. The average Bonchev–Trinajstić information content (AvgIpc) is 3.46. The van der Waals surface area contributed by atoms with Crippen LogP contribution >= 0.6 is 11.8 Å². The van der Waals surface area contributed by atoms with Gasteiger partial charge in [0, 0.05) is 11.9 Å². The second-order valence-electron chi connectivity index (χ2n) is 5.48. The van der Waals surface area contributed by atoms with Gasteiger partial charge in [0.05, 0.1) is 19.2 Å². The normalized spacial score (nSPS) is 16.0. The van der Waals surface area contributed by atoms with Gasteiger partial charge in [-0.3, -0.25) is 4.79 Å². The lowest BCUT2D eigenvalue weighted by atomic mass is 10.2. The number of pyridine rings is 1. The Kier molecular flexibility index (Phi) is 5.50.